The molecule has 1 aliphatic heterocycles. The number of nitrogens with zero attached hydrogens (tertiary/aromatic N) is 1. The minimum absolute atomic E-state index is 0.0110. The van der Waals surface area contributed by atoms with E-state index in [1.54, 1.807) is 0 Å². The van der Waals surface area contributed by atoms with Crippen LogP contribution < -0.4 is 5.32 Å². The number of carbonyl (C=O) groups excluding carboxylic acids is 1. The molecule has 0 bridgehead atoms. The van der Waals surface area contributed by atoms with E-state index in [-0.39, 0.29) is 24.6 Å². The van der Waals surface area contributed by atoms with Gasteiger partial charge < -0.3 is 15.3 Å². The molecule has 0 radical (unpaired) electrons. The minimum Gasteiger partial charge on any atom is -0.396 e. The van der Waals surface area contributed by atoms with Crippen molar-refractivity contribution < 1.29 is 9.90 Å². The smallest absolute Gasteiger partial charge is 0.317 e. The molecule has 2 unspecified atom stereocenters. The molecule has 0 aromatic heterocycles. The average molecular weight is 318 g/mol. The Kier molecular flexibility index (Phi) is 6.05. The SMILES string of the molecule is CC(C)c1ccc(C(NC(=O)N2CCC(CO)C2)C(C)C)cc1. The van der Waals surface area contributed by atoms with Gasteiger partial charge in [0.05, 0.1) is 6.04 Å². The molecular formula is C19H30N2O2. The molecule has 4 heteroatoms. The van der Waals surface area contributed by atoms with Crippen LogP contribution in [0.15, 0.2) is 24.3 Å². The van der Waals surface area contributed by atoms with Crippen molar-refractivity contribution in [2.45, 2.75) is 46.1 Å². The molecule has 2 atom stereocenters. The van der Waals surface area contributed by atoms with Gasteiger partial charge in [0.2, 0.25) is 0 Å². The predicted octanol–water partition coefficient (Wildman–Crippen LogP) is 3.53. The molecule has 1 aromatic carbocycles. The predicted molar refractivity (Wildman–Crippen MR) is 93.4 cm³/mol. The van der Waals surface area contributed by atoms with E-state index < -0.39 is 0 Å². The van der Waals surface area contributed by atoms with E-state index in [2.05, 4.69) is 57.3 Å². The third-order valence-corrected chi connectivity index (χ3v) is 4.74. The second-order valence-electron chi connectivity index (χ2n) is 7.28. The summed E-state index contributed by atoms with van der Waals surface area (Å²) in [6.07, 6.45) is 0.888. The van der Waals surface area contributed by atoms with Crippen LogP contribution in [0.3, 0.4) is 0 Å². The maximum absolute atomic E-state index is 12.5. The molecule has 1 saturated heterocycles. The van der Waals surface area contributed by atoms with E-state index in [4.69, 9.17) is 0 Å². The van der Waals surface area contributed by atoms with Gasteiger partial charge in [0, 0.05) is 25.6 Å². The van der Waals surface area contributed by atoms with Crippen molar-refractivity contribution in [3.8, 4) is 0 Å². The Bertz CT molecular complexity index is 511. The number of hydrogen-bond donors (Lipinski definition) is 2. The number of aliphatic hydroxyl groups is 1. The van der Waals surface area contributed by atoms with Crippen molar-refractivity contribution in [1.82, 2.24) is 10.2 Å². The quantitative estimate of drug-likeness (QED) is 0.872. The maximum Gasteiger partial charge on any atom is 0.317 e. The zero-order valence-electron chi connectivity index (χ0n) is 14.7. The van der Waals surface area contributed by atoms with E-state index in [0.717, 1.165) is 18.5 Å². The van der Waals surface area contributed by atoms with Crippen LogP contribution in [0.2, 0.25) is 0 Å². The summed E-state index contributed by atoms with van der Waals surface area (Å²) in [4.78, 5) is 14.3. The fraction of sp³-hybridized carbons (Fsp3) is 0.632. The fourth-order valence-corrected chi connectivity index (χ4v) is 3.11. The van der Waals surface area contributed by atoms with Gasteiger partial charge in [-0.1, -0.05) is 52.0 Å². The Morgan fingerprint density at radius 2 is 1.83 bits per heavy atom. The number of carbonyl (C=O) groups is 1. The third kappa shape index (κ3) is 4.47. The lowest BCUT2D eigenvalue weighted by Crippen LogP contribution is -2.42. The molecule has 2 amide bonds. The Morgan fingerprint density at radius 1 is 1.22 bits per heavy atom. The second-order valence-corrected chi connectivity index (χ2v) is 7.28. The first-order valence-electron chi connectivity index (χ1n) is 8.68. The zero-order chi connectivity index (χ0) is 17.0. The summed E-state index contributed by atoms with van der Waals surface area (Å²) in [6, 6.07) is 8.55. The van der Waals surface area contributed by atoms with Gasteiger partial charge in [-0.05, 0) is 29.4 Å². The van der Waals surface area contributed by atoms with E-state index in [1.165, 1.54) is 5.56 Å². The molecule has 23 heavy (non-hydrogen) atoms. The number of rotatable bonds is 5. The summed E-state index contributed by atoms with van der Waals surface area (Å²) in [5.74, 6) is 1.06. The van der Waals surface area contributed by atoms with Gasteiger partial charge in [0.25, 0.3) is 0 Å². The van der Waals surface area contributed by atoms with E-state index in [9.17, 15) is 9.90 Å². The van der Waals surface area contributed by atoms with Gasteiger partial charge in [-0.15, -0.1) is 0 Å². The number of amides is 2. The molecule has 2 rings (SSSR count). The highest BCUT2D eigenvalue weighted by molar-refractivity contribution is 5.75. The van der Waals surface area contributed by atoms with Gasteiger partial charge >= 0.3 is 6.03 Å². The largest absolute Gasteiger partial charge is 0.396 e. The van der Waals surface area contributed by atoms with Crippen LogP contribution in [0, 0.1) is 11.8 Å². The first kappa shape index (κ1) is 17.8. The number of likely N-dealkylation sites (tertiary alicyclic amines) is 1. The normalized spacial score (nSPS) is 19.4. The van der Waals surface area contributed by atoms with Crippen LogP contribution in [-0.4, -0.2) is 35.7 Å². The fourth-order valence-electron chi connectivity index (χ4n) is 3.11. The molecule has 4 nitrogen and oxygen atoms in total. The van der Waals surface area contributed by atoms with Crippen LogP contribution in [-0.2, 0) is 0 Å². The molecule has 1 aromatic rings. The van der Waals surface area contributed by atoms with Gasteiger partial charge in [-0.25, -0.2) is 4.79 Å². The maximum atomic E-state index is 12.5. The lowest BCUT2D eigenvalue weighted by atomic mass is 9.93. The van der Waals surface area contributed by atoms with Crippen LogP contribution >= 0.6 is 0 Å². The second kappa shape index (κ2) is 7.82. The molecule has 128 valence electrons. The van der Waals surface area contributed by atoms with Crippen molar-refractivity contribution in [2.24, 2.45) is 11.8 Å². The number of nitrogens with one attached hydrogen (secondary N) is 1. The van der Waals surface area contributed by atoms with Gasteiger partial charge in [0.15, 0.2) is 0 Å². The van der Waals surface area contributed by atoms with Crippen molar-refractivity contribution in [1.29, 1.82) is 0 Å². The van der Waals surface area contributed by atoms with E-state index in [0.29, 0.717) is 18.4 Å². The Balaban J connectivity index is 2.05. The summed E-state index contributed by atoms with van der Waals surface area (Å²) in [5.41, 5.74) is 2.46. The zero-order valence-corrected chi connectivity index (χ0v) is 14.7. The van der Waals surface area contributed by atoms with Crippen molar-refractivity contribution in [2.75, 3.05) is 19.7 Å². The molecular weight excluding hydrogens is 288 g/mol. The van der Waals surface area contributed by atoms with Gasteiger partial charge in [-0.3, -0.25) is 0 Å². The van der Waals surface area contributed by atoms with Crippen LogP contribution in [0.1, 0.15) is 57.2 Å². The van der Waals surface area contributed by atoms with Crippen molar-refractivity contribution in [3.63, 3.8) is 0 Å². The highest BCUT2D eigenvalue weighted by Gasteiger charge is 2.28. The molecule has 1 aliphatic rings. The average Bonchev–Trinajstić information content (AvgIpc) is 3.01. The molecule has 0 spiro atoms. The number of urea groups is 1. The molecule has 1 fully saturated rings. The summed E-state index contributed by atoms with van der Waals surface area (Å²) in [5, 5.41) is 12.4. The van der Waals surface area contributed by atoms with Gasteiger partial charge in [0.1, 0.15) is 0 Å². The Hall–Kier alpha value is -1.55. The lowest BCUT2D eigenvalue weighted by molar-refractivity contribution is 0.192. The highest BCUT2D eigenvalue weighted by atomic mass is 16.3. The standard InChI is InChI=1S/C19H30N2O2/c1-13(2)16-5-7-17(8-6-16)18(14(3)4)20-19(23)21-10-9-15(11-21)12-22/h5-8,13-15,18,22H,9-12H2,1-4H3,(H,20,23). The molecule has 1 heterocycles. The summed E-state index contributed by atoms with van der Waals surface area (Å²) < 4.78 is 0. The van der Waals surface area contributed by atoms with Crippen LogP contribution in [0.25, 0.3) is 0 Å². The Morgan fingerprint density at radius 3 is 2.30 bits per heavy atom. The first-order valence-corrected chi connectivity index (χ1v) is 8.68. The molecule has 2 N–H and O–H groups in total. The number of aliphatic hydroxyl groups excluding tert-OH is 1. The summed E-state index contributed by atoms with van der Waals surface area (Å²) >= 11 is 0. The van der Waals surface area contributed by atoms with Crippen LogP contribution in [0.5, 0.6) is 0 Å². The summed E-state index contributed by atoms with van der Waals surface area (Å²) in [6.45, 7) is 10.2. The topological polar surface area (TPSA) is 52.6 Å². The molecule has 0 aliphatic carbocycles. The van der Waals surface area contributed by atoms with E-state index in [1.807, 2.05) is 4.90 Å². The summed E-state index contributed by atoms with van der Waals surface area (Å²) in [7, 11) is 0. The van der Waals surface area contributed by atoms with E-state index >= 15 is 0 Å². The highest BCUT2D eigenvalue weighted by Crippen LogP contribution is 2.25. The van der Waals surface area contributed by atoms with Gasteiger partial charge in [-0.2, -0.15) is 0 Å². The monoisotopic (exact) mass is 318 g/mol. The lowest BCUT2D eigenvalue weighted by Gasteiger charge is -2.26. The van der Waals surface area contributed by atoms with Crippen molar-refractivity contribution >= 4 is 6.03 Å². The number of benzene rings is 1. The molecule has 0 saturated carbocycles. The van der Waals surface area contributed by atoms with Crippen LogP contribution in [0.4, 0.5) is 4.79 Å². The Labute approximate surface area is 139 Å². The number of hydrogen-bond acceptors (Lipinski definition) is 2. The minimum atomic E-state index is -0.0208. The van der Waals surface area contributed by atoms with Crippen molar-refractivity contribution in [3.05, 3.63) is 35.4 Å². The third-order valence-electron chi connectivity index (χ3n) is 4.74. The first-order chi connectivity index (χ1) is 10.9.